The van der Waals surface area contributed by atoms with E-state index in [1.807, 2.05) is 0 Å². The van der Waals surface area contributed by atoms with E-state index in [9.17, 15) is 0 Å². The van der Waals surface area contributed by atoms with E-state index in [1.54, 1.807) is 7.11 Å². The number of piperazine rings is 1. The Morgan fingerprint density at radius 3 is 2.58 bits per heavy atom. The molecule has 2 rings (SSSR count). The van der Waals surface area contributed by atoms with Crippen LogP contribution < -0.4 is 15.0 Å². The van der Waals surface area contributed by atoms with Crippen LogP contribution in [0, 0.1) is 13.8 Å². The minimum absolute atomic E-state index is 0.946. The summed E-state index contributed by atoms with van der Waals surface area (Å²) in [5.74, 6) is 0.968. The summed E-state index contributed by atoms with van der Waals surface area (Å²) in [6.45, 7) is 9.58. The summed E-state index contributed by atoms with van der Waals surface area (Å²) < 4.78 is 5.54. The second kappa shape index (κ2) is 6.26. The summed E-state index contributed by atoms with van der Waals surface area (Å²) in [7, 11) is 3.89. The monoisotopic (exact) mass is 263 g/mol. The van der Waals surface area contributed by atoms with Gasteiger partial charge in [0.2, 0.25) is 0 Å². The van der Waals surface area contributed by atoms with E-state index in [1.165, 1.54) is 16.8 Å². The SMILES string of the molecule is COc1cc(C)cc(C)c1N(C)CN1CCNCC1. The summed E-state index contributed by atoms with van der Waals surface area (Å²) in [4.78, 5) is 4.76. The van der Waals surface area contributed by atoms with Gasteiger partial charge in [0.05, 0.1) is 19.5 Å². The first-order chi connectivity index (χ1) is 9.11. The third-order valence-electron chi connectivity index (χ3n) is 3.63. The van der Waals surface area contributed by atoms with E-state index in [4.69, 9.17) is 4.74 Å². The van der Waals surface area contributed by atoms with Crippen LogP contribution in [0.2, 0.25) is 0 Å². The first kappa shape index (κ1) is 14.2. The van der Waals surface area contributed by atoms with Crippen molar-refractivity contribution in [2.75, 3.05) is 51.9 Å². The van der Waals surface area contributed by atoms with E-state index >= 15 is 0 Å². The van der Waals surface area contributed by atoms with Gasteiger partial charge in [0.15, 0.2) is 0 Å². The highest BCUT2D eigenvalue weighted by atomic mass is 16.5. The number of ether oxygens (including phenoxy) is 1. The molecule has 0 unspecified atom stereocenters. The maximum Gasteiger partial charge on any atom is 0.142 e. The van der Waals surface area contributed by atoms with Crippen molar-refractivity contribution < 1.29 is 4.74 Å². The van der Waals surface area contributed by atoms with Crippen LogP contribution >= 0.6 is 0 Å². The molecule has 106 valence electrons. The van der Waals surface area contributed by atoms with Gasteiger partial charge in [-0.25, -0.2) is 0 Å². The van der Waals surface area contributed by atoms with E-state index in [0.29, 0.717) is 0 Å². The van der Waals surface area contributed by atoms with Crippen LogP contribution in [0.1, 0.15) is 11.1 Å². The van der Waals surface area contributed by atoms with Gasteiger partial charge in [0, 0.05) is 33.2 Å². The standard InChI is InChI=1S/C15H25N3O/c1-12-9-13(2)15(14(10-12)19-4)17(3)11-18-7-5-16-6-8-18/h9-10,16H,5-8,11H2,1-4H3. The Kier molecular flexibility index (Phi) is 4.66. The summed E-state index contributed by atoms with van der Waals surface area (Å²) in [6, 6.07) is 4.32. The van der Waals surface area contributed by atoms with Crippen LogP contribution in [0.3, 0.4) is 0 Å². The maximum absolute atomic E-state index is 5.54. The number of nitrogens with zero attached hydrogens (tertiary/aromatic N) is 2. The minimum atomic E-state index is 0.946. The molecular weight excluding hydrogens is 238 g/mol. The van der Waals surface area contributed by atoms with Gasteiger partial charge in [-0.15, -0.1) is 0 Å². The van der Waals surface area contributed by atoms with Crippen LogP contribution in [0.15, 0.2) is 12.1 Å². The van der Waals surface area contributed by atoms with Crippen molar-refractivity contribution in [3.8, 4) is 5.75 Å². The molecule has 1 aromatic carbocycles. The highest BCUT2D eigenvalue weighted by molar-refractivity contribution is 5.64. The van der Waals surface area contributed by atoms with Gasteiger partial charge in [-0.2, -0.15) is 0 Å². The van der Waals surface area contributed by atoms with Gasteiger partial charge in [0.25, 0.3) is 0 Å². The van der Waals surface area contributed by atoms with Crippen LogP contribution in [-0.2, 0) is 0 Å². The van der Waals surface area contributed by atoms with Crippen molar-refractivity contribution in [1.29, 1.82) is 0 Å². The van der Waals surface area contributed by atoms with E-state index in [0.717, 1.165) is 38.6 Å². The van der Waals surface area contributed by atoms with Crippen molar-refractivity contribution in [3.05, 3.63) is 23.3 Å². The summed E-state index contributed by atoms with van der Waals surface area (Å²) in [5.41, 5.74) is 3.72. The second-order valence-corrected chi connectivity index (χ2v) is 5.34. The van der Waals surface area contributed by atoms with E-state index in [2.05, 4.69) is 48.1 Å². The zero-order valence-corrected chi connectivity index (χ0v) is 12.5. The molecule has 0 bridgehead atoms. The minimum Gasteiger partial charge on any atom is -0.495 e. The fraction of sp³-hybridized carbons (Fsp3) is 0.600. The Balaban J connectivity index is 2.15. The Bertz CT molecular complexity index is 428. The van der Waals surface area contributed by atoms with Gasteiger partial charge >= 0.3 is 0 Å². The zero-order valence-electron chi connectivity index (χ0n) is 12.5. The highest BCUT2D eigenvalue weighted by Crippen LogP contribution is 2.32. The van der Waals surface area contributed by atoms with Gasteiger partial charge in [-0.05, 0) is 31.0 Å². The van der Waals surface area contributed by atoms with Crippen molar-refractivity contribution in [2.24, 2.45) is 0 Å². The largest absolute Gasteiger partial charge is 0.495 e. The Morgan fingerprint density at radius 1 is 1.26 bits per heavy atom. The van der Waals surface area contributed by atoms with Crippen LogP contribution in [0.5, 0.6) is 5.75 Å². The smallest absolute Gasteiger partial charge is 0.142 e. The number of anilines is 1. The van der Waals surface area contributed by atoms with Crippen molar-refractivity contribution in [1.82, 2.24) is 10.2 Å². The third kappa shape index (κ3) is 3.39. The van der Waals surface area contributed by atoms with Gasteiger partial charge in [0.1, 0.15) is 5.75 Å². The second-order valence-electron chi connectivity index (χ2n) is 5.34. The lowest BCUT2D eigenvalue weighted by atomic mass is 10.1. The summed E-state index contributed by atoms with van der Waals surface area (Å²) in [6.07, 6.45) is 0. The van der Waals surface area contributed by atoms with Crippen molar-refractivity contribution in [2.45, 2.75) is 13.8 Å². The molecule has 0 spiro atoms. The van der Waals surface area contributed by atoms with Crippen LogP contribution in [-0.4, -0.2) is 51.9 Å². The Morgan fingerprint density at radius 2 is 1.95 bits per heavy atom. The summed E-state index contributed by atoms with van der Waals surface area (Å²) >= 11 is 0. The van der Waals surface area contributed by atoms with E-state index < -0.39 is 0 Å². The normalized spacial score (nSPS) is 16.4. The molecular formula is C15H25N3O. The predicted octanol–water partition coefficient (Wildman–Crippen LogP) is 1.61. The fourth-order valence-corrected chi connectivity index (χ4v) is 2.79. The topological polar surface area (TPSA) is 27.7 Å². The zero-order chi connectivity index (χ0) is 13.8. The fourth-order valence-electron chi connectivity index (χ4n) is 2.79. The molecule has 1 aromatic rings. The molecule has 1 saturated heterocycles. The molecule has 1 N–H and O–H groups in total. The molecule has 1 heterocycles. The third-order valence-corrected chi connectivity index (χ3v) is 3.63. The van der Waals surface area contributed by atoms with Gasteiger partial charge < -0.3 is 15.0 Å². The molecule has 19 heavy (non-hydrogen) atoms. The Labute approximate surface area is 116 Å². The quantitative estimate of drug-likeness (QED) is 0.893. The molecule has 0 aromatic heterocycles. The first-order valence-corrected chi connectivity index (χ1v) is 6.91. The van der Waals surface area contributed by atoms with Crippen molar-refractivity contribution >= 4 is 5.69 Å². The average Bonchev–Trinajstić information content (AvgIpc) is 2.38. The number of nitrogens with one attached hydrogen (secondary N) is 1. The molecule has 1 aliphatic rings. The van der Waals surface area contributed by atoms with E-state index in [-0.39, 0.29) is 0 Å². The predicted molar refractivity (Wildman–Crippen MR) is 80.2 cm³/mol. The molecule has 0 radical (unpaired) electrons. The van der Waals surface area contributed by atoms with Crippen molar-refractivity contribution in [3.63, 3.8) is 0 Å². The maximum atomic E-state index is 5.54. The van der Waals surface area contributed by atoms with Crippen LogP contribution in [0.25, 0.3) is 0 Å². The molecule has 1 aliphatic heterocycles. The Hall–Kier alpha value is -1.26. The number of rotatable bonds is 4. The average molecular weight is 263 g/mol. The highest BCUT2D eigenvalue weighted by Gasteiger charge is 2.16. The lowest BCUT2D eigenvalue weighted by Crippen LogP contribution is -2.47. The summed E-state index contributed by atoms with van der Waals surface area (Å²) in [5, 5.41) is 3.38. The molecule has 4 nitrogen and oxygen atoms in total. The number of methoxy groups -OCH3 is 1. The molecule has 0 atom stereocenters. The lowest BCUT2D eigenvalue weighted by Gasteiger charge is -2.33. The molecule has 1 fully saturated rings. The lowest BCUT2D eigenvalue weighted by molar-refractivity contribution is 0.243. The number of aryl methyl sites for hydroxylation is 2. The molecule has 0 amide bonds. The molecule has 0 saturated carbocycles. The first-order valence-electron chi connectivity index (χ1n) is 6.91. The molecule has 4 heteroatoms. The van der Waals surface area contributed by atoms with Gasteiger partial charge in [-0.1, -0.05) is 6.07 Å². The number of hydrogen-bond acceptors (Lipinski definition) is 4. The number of hydrogen-bond donors (Lipinski definition) is 1. The van der Waals surface area contributed by atoms with Crippen LogP contribution in [0.4, 0.5) is 5.69 Å². The van der Waals surface area contributed by atoms with Gasteiger partial charge in [-0.3, -0.25) is 4.90 Å². The number of benzene rings is 1. The molecule has 0 aliphatic carbocycles.